The van der Waals surface area contributed by atoms with Gasteiger partial charge in [-0.15, -0.1) is 11.3 Å². The van der Waals surface area contributed by atoms with Gasteiger partial charge in [-0.25, -0.2) is 0 Å². The van der Waals surface area contributed by atoms with Crippen molar-refractivity contribution in [3.63, 3.8) is 0 Å². The lowest BCUT2D eigenvalue weighted by atomic mass is 10.2. The molecule has 0 spiro atoms. The molecule has 106 valence electrons. The Kier molecular flexibility index (Phi) is 3.88. The molecule has 0 aliphatic carbocycles. The summed E-state index contributed by atoms with van der Waals surface area (Å²) in [5.74, 6) is -0.0510. The number of hydrogen-bond donors (Lipinski definition) is 2. The minimum Gasteiger partial charge on any atom is -0.381 e. The van der Waals surface area contributed by atoms with Crippen LogP contribution in [0, 0.1) is 0 Å². The third kappa shape index (κ3) is 3.41. The number of thiophene rings is 1. The van der Waals surface area contributed by atoms with Gasteiger partial charge in [0.2, 0.25) is 5.91 Å². The number of rotatable bonds is 4. The topological polar surface area (TPSA) is 41.1 Å². The van der Waals surface area contributed by atoms with Crippen molar-refractivity contribution >= 4 is 38.7 Å². The van der Waals surface area contributed by atoms with E-state index in [1.54, 1.807) is 11.3 Å². The molecule has 21 heavy (non-hydrogen) atoms. The highest BCUT2D eigenvalue weighted by atomic mass is 32.1. The molecule has 0 aliphatic heterocycles. The third-order valence-electron chi connectivity index (χ3n) is 3.22. The summed E-state index contributed by atoms with van der Waals surface area (Å²) < 4.78 is 1.31. The first-order valence-corrected chi connectivity index (χ1v) is 7.66. The fourth-order valence-electron chi connectivity index (χ4n) is 2.19. The smallest absolute Gasteiger partial charge is 0.221 e. The second kappa shape index (κ2) is 5.97. The zero-order valence-electron chi connectivity index (χ0n) is 11.7. The summed E-state index contributed by atoms with van der Waals surface area (Å²) in [7, 11) is 0. The van der Waals surface area contributed by atoms with E-state index in [9.17, 15) is 4.79 Å². The Bertz CT molecular complexity index is 762. The van der Waals surface area contributed by atoms with E-state index in [0.29, 0.717) is 0 Å². The highest BCUT2D eigenvalue weighted by Gasteiger charge is 1.99. The standard InChI is InChI=1S/C17H16N2OS/c1-12(20)19-15-4-2-13(3-5-15)11-18-16-6-7-17-14(10-16)8-9-21-17/h2-10,18H,11H2,1H3,(H,19,20). The summed E-state index contributed by atoms with van der Waals surface area (Å²) in [4.78, 5) is 11.0. The molecular formula is C17H16N2OS. The molecule has 3 aromatic rings. The molecule has 0 aliphatic rings. The molecule has 0 radical (unpaired) electrons. The Morgan fingerprint density at radius 3 is 2.57 bits per heavy atom. The summed E-state index contributed by atoms with van der Waals surface area (Å²) in [5.41, 5.74) is 3.12. The molecule has 2 N–H and O–H groups in total. The number of benzene rings is 2. The van der Waals surface area contributed by atoms with Gasteiger partial charge in [-0.3, -0.25) is 4.79 Å². The quantitative estimate of drug-likeness (QED) is 0.745. The zero-order valence-corrected chi connectivity index (χ0v) is 12.5. The van der Waals surface area contributed by atoms with Gasteiger partial charge < -0.3 is 10.6 Å². The largest absolute Gasteiger partial charge is 0.381 e. The monoisotopic (exact) mass is 296 g/mol. The normalized spacial score (nSPS) is 10.5. The first-order chi connectivity index (χ1) is 10.2. The molecule has 3 rings (SSSR count). The number of anilines is 2. The third-order valence-corrected chi connectivity index (χ3v) is 4.12. The van der Waals surface area contributed by atoms with E-state index in [1.807, 2.05) is 24.3 Å². The van der Waals surface area contributed by atoms with Crippen LogP contribution in [0.25, 0.3) is 10.1 Å². The minimum atomic E-state index is -0.0510. The maximum atomic E-state index is 11.0. The van der Waals surface area contributed by atoms with Crippen LogP contribution in [-0.2, 0) is 11.3 Å². The Balaban J connectivity index is 1.65. The second-order valence-electron chi connectivity index (χ2n) is 4.90. The van der Waals surface area contributed by atoms with Gasteiger partial charge in [0.25, 0.3) is 0 Å². The first kappa shape index (κ1) is 13.6. The summed E-state index contributed by atoms with van der Waals surface area (Å²) in [5, 5.41) is 9.56. The second-order valence-corrected chi connectivity index (χ2v) is 5.85. The van der Waals surface area contributed by atoms with Crippen molar-refractivity contribution in [2.24, 2.45) is 0 Å². The molecule has 1 aromatic heterocycles. The Morgan fingerprint density at radius 2 is 1.81 bits per heavy atom. The van der Waals surface area contributed by atoms with Crippen LogP contribution >= 0.6 is 11.3 Å². The van der Waals surface area contributed by atoms with E-state index < -0.39 is 0 Å². The lowest BCUT2D eigenvalue weighted by Gasteiger charge is -2.08. The van der Waals surface area contributed by atoms with Gasteiger partial charge in [0.1, 0.15) is 0 Å². The number of carbonyl (C=O) groups is 1. The molecule has 4 heteroatoms. The molecule has 1 amide bonds. The first-order valence-electron chi connectivity index (χ1n) is 6.78. The number of carbonyl (C=O) groups excluding carboxylic acids is 1. The SMILES string of the molecule is CC(=O)Nc1ccc(CNc2ccc3sccc3c2)cc1. The van der Waals surface area contributed by atoms with Gasteiger partial charge in [-0.2, -0.15) is 0 Å². The van der Waals surface area contributed by atoms with Crippen molar-refractivity contribution < 1.29 is 4.79 Å². The van der Waals surface area contributed by atoms with E-state index in [2.05, 4.69) is 40.3 Å². The molecule has 0 atom stereocenters. The number of nitrogens with one attached hydrogen (secondary N) is 2. The van der Waals surface area contributed by atoms with Crippen LogP contribution in [0.2, 0.25) is 0 Å². The lowest BCUT2D eigenvalue weighted by molar-refractivity contribution is -0.114. The van der Waals surface area contributed by atoms with Crippen LogP contribution in [-0.4, -0.2) is 5.91 Å². The fraction of sp³-hybridized carbons (Fsp3) is 0.118. The molecule has 0 saturated heterocycles. The van der Waals surface area contributed by atoms with Crippen LogP contribution in [0.3, 0.4) is 0 Å². The average molecular weight is 296 g/mol. The van der Waals surface area contributed by atoms with Crippen molar-refractivity contribution in [1.82, 2.24) is 0 Å². The van der Waals surface area contributed by atoms with Crippen LogP contribution in [0.4, 0.5) is 11.4 Å². The van der Waals surface area contributed by atoms with Crippen molar-refractivity contribution in [1.29, 1.82) is 0 Å². The predicted molar refractivity (Wildman–Crippen MR) is 89.9 cm³/mol. The maximum absolute atomic E-state index is 11.0. The van der Waals surface area contributed by atoms with Crippen molar-refractivity contribution in [3.05, 3.63) is 59.5 Å². The zero-order chi connectivity index (χ0) is 14.7. The minimum absolute atomic E-state index is 0.0510. The molecule has 3 nitrogen and oxygen atoms in total. The summed E-state index contributed by atoms with van der Waals surface area (Å²) in [6.07, 6.45) is 0. The molecule has 0 saturated carbocycles. The molecule has 2 aromatic carbocycles. The molecule has 0 unspecified atom stereocenters. The lowest BCUT2D eigenvalue weighted by Crippen LogP contribution is -2.06. The number of fused-ring (bicyclic) bond motifs is 1. The number of hydrogen-bond acceptors (Lipinski definition) is 3. The van der Waals surface area contributed by atoms with Gasteiger partial charge in [-0.05, 0) is 52.7 Å². The highest BCUT2D eigenvalue weighted by molar-refractivity contribution is 7.17. The van der Waals surface area contributed by atoms with Crippen molar-refractivity contribution in [2.45, 2.75) is 13.5 Å². The maximum Gasteiger partial charge on any atom is 0.221 e. The molecule has 0 bridgehead atoms. The average Bonchev–Trinajstić information content (AvgIpc) is 2.93. The number of amides is 1. The van der Waals surface area contributed by atoms with Gasteiger partial charge in [0.15, 0.2) is 0 Å². The van der Waals surface area contributed by atoms with Crippen molar-refractivity contribution in [3.8, 4) is 0 Å². The van der Waals surface area contributed by atoms with Crippen LogP contribution < -0.4 is 10.6 Å². The van der Waals surface area contributed by atoms with E-state index in [0.717, 1.165) is 17.9 Å². The van der Waals surface area contributed by atoms with Crippen LogP contribution in [0.1, 0.15) is 12.5 Å². The predicted octanol–water partition coefficient (Wildman–Crippen LogP) is 4.47. The Hall–Kier alpha value is -2.33. The van der Waals surface area contributed by atoms with E-state index in [4.69, 9.17) is 0 Å². The Labute approximate surface area is 127 Å². The van der Waals surface area contributed by atoms with Gasteiger partial charge in [0.05, 0.1) is 0 Å². The van der Waals surface area contributed by atoms with Gasteiger partial charge >= 0.3 is 0 Å². The summed E-state index contributed by atoms with van der Waals surface area (Å²) in [6.45, 7) is 2.27. The van der Waals surface area contributed by atoms with E-state index >= 15 is 0 Å². The molecule has 0 fully saturated rings. The van der Waals surface area contributed by atoms with Crippen LogP contribution in [0.15, 0.2) is 53.9 Å². The van der Waals surface area contributed by atoms with E-state index in [1.165, 1.54) is 22.6 Å². The highest BCUT2D eigenvalue weighted by Crippen LogP contribution is 2.24. The summed E-state index contributed by atoms with van der Waals surface area (Å²) in [6, 6.07) is 16.4. The van der Waals surface area contributed by atoms with Crippen molar-refractivity contribution in [2.75, 3.05) is 10.6 Å². The van der Waals surface area contributed by atoms with Crippen LogP contribution in [0.5, 0.6) is 0 Å². The molecular weight excluding hydrogens is 280 g/mol. The van der Waals surface area contributed by atoms with E-state index in [-0.39, 0.29) is 5.91 Å². The fourth-order valence-corrected chi connectivity index (χ4v) is 2.96. The Morgan fingerprint density at radius 1 is 1.05 bits per heavy atom. The van der Waals surface area contributed by atoms with Gasteiger partial charge in [0, 0.05) is 29.5 Å². The summed E-state index contributed by atoms with van der Waals surface area (Å²) >= 11 is 1.75. The van der Waals surface area contributed by atoms with Gasteiger partial charge in [-0.1, -0.05) is 12.1 Å². The molecule has 1 heterocycles.